The molecule has 0 spiro atoms. The molecule has 1 saturated carbocycles. The van der Waals surface area contributed by atoms with Gasteiger partial charge in [-0.2, -0.15) is 0 Å². The minimum atomic E-state index is 0.221. The Morgan fingerprint density at radius 1 is 1.29 bits per heavy atom. The number of para-hydroxylation sites is 1. The molecule has 1 aromatic carbocycles. The van der Waals surface area contributed by atoms with Crippen LogP contribution in [0.25, 0.3) is 11.0 Å². The maximum absolute atomic E-state index is 6.01. The number of benzene rings is 1. The first kappa shape index (κ1) is 14.5. The lowest BCUT2D eigenvalue weighted by Gasteiger charge is -2.22. The minimum absolute atomic E-state index is 0.221. The average Bonchev–Trinajstić information content (AvgIpc) is 3.15. The molecule has 0 amide bonds. The van der Waals surface area contributed by atoms with Gasteiger partial charge in [0.2, 0.25) is 0 Å². The fourth-order valence-corrected chi connectivity index (χ4v) is 3.01. The minimum Gasteiger partial charge on any atom is -0.493 e. The first-order valence-corrected chi connectivity index (χ1v) is 7.85. The lowest BCUT2D eigenvalue weighted by Crippen LogP contribution is -2.29. The van der Waals surface area contributed by atoms with Crippen LogP contribution in [0.4, 0.5) is 0 Å². The molecule has 1 heterocycles. The number of rotatable bonds is 6. The molecule has 3 nitrogen and oxygen atoms in total. The van der Waals surface area contributed by atoms with Crippen molar-refractivity contribution in [1.82, 2.24) is 5.32 Å². The predicted molar refractivity (Wildman–Crippen MR) is 85.7 cm³/mol. The molecule has 0 saturated heterocycles. The van der Waals surface area contributed by atoms with Gasteiger partial charge in [0.25, 0.3) is 0 Å². The average molecular weight is 287 g/mol. The van der Waals surface area contributed by atoms with Crippen molar-refractivity contribution in [1.29, 1.82) is 0 Å². The van der Waals surface area contributed by atoms with E-state index >= 15 is 0 Å². The maximum atomic E-state index is 6.01. The van der Waals surface area contributed by atoms with Gasteiger partial charge in [0.15, 0.2) is 11.3 Å². The molecule has 1 aromatic heterocycles. The van der Waals surface area contributed by atoms with Crippen LogP contribution in [-0.2, 0) is 0 Å². The van der Waals surface area contributed by atoms with E-state index in [0.717, 1.165) is 34.9 Å². The summed E-state index contributed by atoms with van der Waals surface area (Å²) in [5, 5.41) is 4.75. The highest BCUT2D eigenvalue weighted by atomic mass is 16.5. The Morgan fingerprint density at radius 3 is 2.67 bits per heavy atom. The normalized spacial score (nSPS) is 18.1. The highest BCUT2D eigenvalue weighted by Crippen LogP contribution is 2.51. The zero-order chi connectivity index (χ0) is 15.0. The molecular weight excluding hydrogens is 262 g/mol. The third-order valence-electron chi connectivity index (χ3n) is 5.05. The largest absolute Gasteiger partial charge is 0.493 e. The maximum Gasteiger partial charge on any atom is 0.176 e. The van der Waals surface area contributed by atoms with E-state index in [1.54, 1.807) is 7.11 Å². The Labute approximate surface area is 126 Å². The van der Waals surface area contributed by atoms with Gasteiger partial charge in [-0.3, -0.25) is 0 Å². The van der Waals surface area contributed by atoms with E-state index in [9.17, 15) is 0 Å². The number of hydrogen-bond acceptors (Lipinski definition) is 3. The number of fused-ring (bicyclic) bond motifs is 1. The van der Waals surface area contributed by atoms with Crippen LogP contribution in [0.3, 0.4) is 0 Å². The summed E-state index contributed by atoms with van der Waals surface area (Å²) < 4.78 is 11.4. The third kappa shape index (κ3) is 2.67. The summed E-state index contributed by atoms with van der Waals surface area (Å²) in [6, 6.07) is 8.33. The topological polar surface area (TPSA) is 34.4 Å². The first-order chi connectivity index (χ1) is 10.1. The summed E-state index contributed by atoms with van der Waals surface area (Å²) in [5.74, 6) is 2.52. The van der Waals surface area contributed by atoms with Crippen molar-refractivity contribution >= 4 is 11.0 Å². The first-order valence-electron chi connectivity index (χ1n) is 7.85. The van der Waals surface area contributed by atoms with Crippen molar-refractivity contribution in [2.24, 2.45) is 11.3 Å². The van der Waals surface area contributed by atoms with Crippen LogP contribution in [0.1, 0.15) is 45.4 Å². The summed E-state index contributed by atoms with van der Waals surface area (Å²) in [6.07, 6.45) is 2.69. The molecule has 2 aromatic rings. The van der Waals surface area contributed by atoms with E-state index in [1.165, 1.54) is 12.8 Å². The van der Waals surface area contributed by atoms with Gasteiger partial charge >= 0.3 is 0 Å². The fraction of sp³-hybridized carbons (Fsp3) is 0.556. The van der Waals surface area contributed by atoms with Gasteiger partial charge in [-0.25, -0.2) is 0 Å². The van der Waals surface area contributed by atoms with Crippen LogP contribution < -0.4 is 10.1 Å². The molecule has 1 atom stereocenters. The quantitative estimate of drug-likeness (QED) is 0.847. The Bertz CT molecular complexity index is 625. The Balaban J connectivity index is 1.74. The second kappa shape index (κ2) is 5.38. The summed E-state index contributed by atoms with van der Waals surface area (Å²) in [6.45, 7) is 7.89. The van der Waals surface area contributed by atoms with E-state index in [2.05, 4.69) is 38.2 Å². The molecule has 1 unspecified atom stereocenters. The molecular formula is C18H25NO2. The molecule has 0 radical (unpaired) electrons. The fourth-order valence-electron chi connectivity index (χ4n) is 3.01. The molecule has 21 heavy (non-hydrogen) atoms. The van der Waals surface area contributed by atoms with Crippen molar-refractivity contribution in [2.75, 3.05) is 13.7 Å². The van der Waals surface area contributed by atoms with Crippen LogP contribution in [0.15, 0.2) is 28.7 Å². The van der Waals surface area contributed by atoms with Crippen molar-refractivity contribution in [3.8, 4) is 5.75 Å². The van der Waals surface area contributed by atoms with Crippen LogP contribution in [-0.4, -0.2) is 13.7 Å². The Morgan fingerprint density at radius 2 is 2.05 bits per heavy atom. The summed E-state index contributed by atoms with van der Waals surface area (Å²) in [5.41, 5.74) is 1.35. The molecule has 3 rings (SSSR count). The van der Waals surface area contributed by atoms with Crippen molar-refractivity contribution in [3.05, 3.63) is 30.0 Å². The molecule has 114 valence electrons. The van der Waals surface area contributed by atoms with Crippen molar-refractivity contribution in [3.63, 3.8) is 0 Å². The van der Waals surface area contributed by atoms with Gasteiger partial charge in [0.05, 0.1) is 13.2 Å². The van der Waals surface area contributed by atoms with Gasteiger partial charge < -0.3 is 14.5 Å². The highest BCUT2D eigenvalue weighted by Gasteiger charge is 2.45. The molecule has 1 aliphatic rings. The third-order valence-corrected chi connectivity index (χ3v) is 5.05. The van der Waals surface area contributed by atoms with Crippen molar-refractivity contribution in [2.45, 2.75) is 39.7 Å². The lowest BCUT2D eigenvalue weighted by molar-refractivity contribution is 0.314. The Kier molecular flexibility index (Phi) is 3.70. The molecule has 0 aliphatic heterocycles. The van der Waals surface area contributed by atoms with Gasteiger partial charge in [0, 0.05) is 11.9 Å². The van der Waals surface area contributed by atoms with Crippen LogP contribution >= 0.6 is 0 Å². The van der Waals surface area contributed by atoms with Gasteiger partial charge in [-0.05, 0) is 43.2 Å². The van der Waals surface area contributed by atoms with E-state index in [1.807, 2.05) is 12.1 Å². The second-order valence-corrected chi connectivity index (χ2v) is 6.65. The summed E-state index contributed by atoms with van der Waals surface area (Å²) in [4.78, 5) is 0. The summed E-state index contributed by atoms with van der Waals surface area (Å²) >= 11 is 0. The van der Waals surface area contributed by atoms with Crippen molar-refractivity contribution < 1.29 is 9.15 Å². The SMILES string of the molecule is COc1cccc2cc(C(C)NCC3(C(C)C)CC3)oc12. The van der Waals surface area contributed by atoms with Crippen LogP contribution in [0.2, 0.25) is 0 Å². The van der Waals surface area contributed by atoms with Crippen LogP contribution in [0, 0.1) is 11.3 Å². The number of ether oxygens (including phenoxy) is 1. The van der Waals surface area contributed by atoms with E-state index in [0.29, 0.717) is 5.41 Å². The predicted octanol–water partition coefficient (Wildman–Crippen LogP) is 4.53. The smallest absolute Gasteiger partial charge is 0.176 e. The molecule has 3 heteroatoms. The molecule has 1 N–H and O–H groups in total. The molecule has 0 bridgehead atoms. The van der Waals surface area contributed by atoms with Gasteiger partial charge in [0.1, 0.15) is 5.76 Å². The number of hydrogen-bond donors (Lipinski definition) is 1. The van der Waals surface area contributed by atoms with E-state index < -0.39 is 0 Å². The monoisotopic (exact) mass is 287 g/mol. The number of methoxy groups -OCH3 is 1. The molecule has 1 fully saturated rings. The highest BCUT2D eigenvalue weighted by molar-refractivity contribution is 5.83. The zero-order valence-electron chi connectivity index (χ0n) is 13.4. The number of furan rings is 1. The van der Waals surface area contributed by atoms with E-state index in [4.69, 9.17) is 9.15 Å². The lowest BCUT2D eigenvalue weighted by atomic mass is 9.92. The van der Waals surface area contributed by atoms with Gasteiger partial charge in [-0.15, -0.1) is 0 Å². The standard InChI is InChI=1S/C18H25NO2/c1-12(2)18(8-9-18)11-19-13(3)16-10-14-6-5-7-15(20-4)17(14)21-16/h5-7,10,12-13,19H,8-9,11H2,1-4H3. The molecule has 1 aliphatic carbocycles. The second-order valence-electron chi connectivity index (χ2n) is 6.65. The van der Waals surface area contributed by atoms with Gasteiger partial charge in [-0.1, -0.05) is 26.0 Å². The Hall–Kier alpha value is -1.48. The van der Waals surface area contributed by atoms with Crippen LogP contribution in [0.5, 0.6) is 5.75 Å². The van der Waals surface area contributed by atoms with E-state index in [-0.39, 0.29) is 6.04 Å². The number of nitrogens with one attached hydrogen (secondary N) is 1. The summed E-state index contributed by atoms with van der Waals surface area (Å²) in [7, 11) is 1.68. The zero-order valence-corrected chi connectivity index (χ0v) is 13.4.